The SMILES string of the molecule is Cc1ccccc1C(c1ccccc1C)[n+]1ccccc1.[I-]. The molecule has 0 unspecified atom stereocenters. The number of aryl methyl sites for hydroxylation is 2. The molecule has 3 rings (SSSR count). The summed E-state index contributed by atoms with van der Waals surface area (Å²) in [4.78, 5) is 0. The van der Waals surface area contributed by atoms with E-state index in [-0.39, 0.29) is 30.0 Å². The molecule has 0 saturated carbocycles. The summed E-state index contributed by atoms with van der Waals surface area (Å²) in [6.07, 6.45) is 4.28. The third-order valence-electron chi connectivity index (χ3n) is 4.00. The van der Waals surface area contributed by atoms with E-state index in [4.69, 9.17) is 0 Å². The van der Waals surface area contributed by atoms with Crippen LogP contribution in [0.1, 0.15) is 28.3 Å². The molecule has 1 nitrogen and oxygen atoms in total. The summed E-state index contributed by atoms with van der Waals surface area (Å²) in [5.41, 5.74) is 5.34. The second kappa shape index (κ2) is 7.54. The molecule has 1 heterocycles. The number of rotatable bonds is 3. The van der Waals surface area contributed by atoms with Crippen molar-refractivity contribution in [2.75, 3.05) is 0 Å². The van der Waals surface area contributed by atoms with Crippen LogP contribution in [0.5, 0.6) is 0 Å². The zero-order valence-electron chi connectivity index (χ0n) is 12.9. The standard InChI is InChI=1S/C20H20N.HI/c1-16-10-4-6-12-18(16)20(21-14-8-3-9-15-21)19-13-7-5-11-17(19)2;/h3-15,20H,1-2H3;1H/q+1;/p-1. The lowest BCUT2D eigenvalue weighted by atomic mass is 9.92. The van der Waals surface area contributed by atoms with E-state index < -0.39 is 0 Å². The molecule has 0 spiro atoms. The molecule has 22 heavy (non-hydrogen) atoms. The van der Waals surface area contributed by atoms with Crippen LogP contribution in [-0.4, -0.2) is 0 Å². The van der Waals surface area contributed by atoms with Gasteiger partial charge in [-0.15, -0.1) is 0 Å². The van der Waals surface area contributed by atoms with Crippen molar-refractivity contribution in [2.24, 2.45) is 0 Å². The van der Waals surface area contributed by atoms with Gasteiger partial charge in [0.15, 0.2) is 12.4 Å². The molecule has 0 amide bonds. The Morgan fingerprint density at radius 3 is 1.55 bits per heavy atom. The highest BCUT2D eigenvalue weighted by Crippen LogP contribution is 2.26. The summed E-state index contributed by atoms with van der Waals surface area (Å²) >= 11 is 0. The molecular formula is C20H20IN. The van der Waals surface area contributed by atoms with Gasteiger partial charge in [0, 0.05) is 23.3 Å². The number of pyridine rings is 1. The Labute approximate surface area is 149 Å². The molecule has 0 radical (unpaired) electrons. The quantitative estimate of drug-likeness (QED) is 0.459. The van der Waals surface area contributed by atoms with Crippen molar-refractivity contribution in [3.05, 3.63) is 101 Å². The van der Waals surface area contributed by atoms with Gasteiger partial charge in [-0.2, -0.15) is 4.57 Å². The van der Waals surface area contributed by atoms with Crippen LogP contribution in [0.15, 0.2) is 79.1 Å². The fraction of sp³-hybridized carbons (Fsp3) is 0.150. The minimum Gasteiger partial charge on any atom is -1.00 e. The van der Waals surface area contributed by atoms with Gasteiger partial charge in [-0.3, -0.25) is 0 Å². The first-order valence-electron chi connectivity index (χ1n) is 7.34. The van der Waals surface area contributed by atoms with Gasteiger partial charge >= 0.3 is 0 Å². The van der Waals surface area contributed by atoms with Gasteiger partial charge < -0.3 is 24.0 Å². The minimum absolute atomic E-state index is 0. The molecule has 112 valence electrons. The van der Waals surface area contributed by atoms with Crippen molar-refractivity contribution >= 4 is 0 Å². The van der Waals surface area contributed by atoms with Crippen LogP contribution in [0, 0.1) is 13.8 Å². The lowest BCUT2D eigenvalue weighted by Gasteiger charge is -2.17. The van der Waals surface area contributed by atoms with Crippen LogP contribution in [0.25, 0.3) is 0 Å². The average Bonchev–Trinajstić information content (AvgIpc) is 2.52. The van der Waals surface area contributed by atoms with Crippen molar-refractivity contribution < 1.29 is 28.5 Å². The third-order valence-corrected chi connectivity index (χ3v) is 4.00. The Morgan fingerprint density at radius 1 is 0.636 bits per heavy atom. The molecule has 0 aliphatic rings. The van der Waals surface area contributed by atoms with E-state index in [9.17, 15) is 0 Å². The monoisotopic (exact) mass is 401 g/mol. The molecule has 0 aliphatic carbocycles. The number of benzene rings is 2. The van der Waals surface area contributed by atoms with Gasteiger partial charge in [0.25, 0.3) is 0 Å². The van der Waals surface area contributed by atoms with Crippen LogP contribution in [0.4, 0.5) is 0 Å². The van der Waals surface area contributed by atoms with Crippen molar-refractivity contribution in [1.29, 1.82) is 0 Å². The van der Waals surface area contributed by atoms with E-state index in [1.54, 1.807) is 0 Å². The van der Waals surface area contributed by atoms with Crippen LogP contribution >= 0.6 is 0 Å². The zero-order chi connectivity index (χ0) is 14.7. The number of aromatic nitrogens is 1. The first-order chi connectivity index (χ1) is 10.3. The van der Waals surface area contributed by atoms with Crippen molar-refractivity contribution in [2.45, 2.75) is 19.9 Å². The van der Waals surface area contributed by atoms with E-state index in [2.05, 4.69) is 97.5 Å². The maximum atomic E-state index is 2.28. The average molecular weight is 401 g/mol. The summed E-state index contributed by atoms with van der Waals surface area (Å²) < 4.78 is 2.28. The van der Waals surface area contributed by atoms with Crippen LogP contribution in [-0.2, 0) is 0 Å². The first kappa shape index (κ1) is 16.7. The molecule has 2 heteroatoms. The van der Waals surface area contributed by atoms with E-state index in [1.165, 1.54) is 22.3 Å². The highest BCUT2D eigenvalue weighted by Gasteiger charge is 2.25. The number of nitrogens with zero attached hydrogens (tertiary/aromatic N) is 1. The summed E-state index contributed by atoms with van der Waals surface area (Å²) in [6.45, 7) is 4.37. The molecule has 0 fully saturated rings. The lowest BCUT2D eigenvalue weighted by molar-refractivity contribution is -0.705. The van der Waals surface area contributed by atoms with Crippen molar-refractivity contribution in [1.82, 2.24) is 0 Å². The van der Waals surface area contributed by atoms with E-state index >= 15 is 0 Å². The number of halogens is 1. The van der Waals surface area contributed by atoms with Crippen LogP contribution in [0.2, 0.25) is 0 Å². The van der Waals surface area contributed by atoms with Gasteiger partial charge in [-0.05, 0) is 25.0 Å². The van der Waals surface area contributed by atoms with Crippen LogP contribution < -0.4 is 28.5 Å². The molecular weight excluding hydrogens is 381 g/mol. The van der Waals surface area contributed by atoms with Crippen LogP contribution in [0.3, 0.4) is 0 Å². The molecule has 0 atom stereocenters. The highest BCUT2D eigenvalue weighted by molar-refractivity contribution is 5.38. The molecule has 0 aliphatic heterocycles. The van der Waals surface area contributed by atoms with Gasteiger partial charge in [0.2, 0.25) is 6.04 Å². The second-order valence-corrected chi connectivity index (χ2v) is 5.44. The van der Waals surface area contributed by atoms with Crippen molar-refractivity contribution in [3.8, 4) is 0 Å². The summed E-state index contributed by atoms with van der Waals surface area (Å²) in [5.74, 6) is 0. The second-order valence-electron chi connectivity index (χ2n) is 5.44. The maximum absolute atomic E-state index is 2.28. The van der Waals surface area contributed by atoms with Gasteiger partial charge in [-0.25, -0.2) is 0 Å². The van der Waals surface area contributed by atoms with Crippen molar-refractivity contribution in [3.63, 3.8) is 0 Å². The van der Waals surface area contributed by atoms with E-state index in [1.807, 2.05) is 0 Å². The molecule has 1 aromatic heterocycles. The summed E-state index contributed by atoms with van der Waals surface area (Å²) in [5, 5.41) is 0. The fourth-order valence-corrected chi connectivity index (χ4v) is 2.86. The fourth-order valence-electron chi connectivity index (χ4n) is 2.86. The van der Waals surface area contributed by atoms with Gasteiger partial charge in [0.1, 0.15) is 0 Å². The lowest BCUT2D eigenvalue weighted by Crippen LogP contribution is -3.00. The maximum Gasteiger partial charge on any atom is 0.209 e. The number of hydrogen-bond donors (Lipinski definition) is 0. The molecule has 2 aromatic carbocycles. The van der Waals surface area contributed by atoms with Gasteiger partial charge in [0.05, 0.1) is 0 Å². The first-order valence-corrected chi connectivity index (χ1v) is 7.34. The predicted molar refractivity (Wildman–Crippen MR) is 86.2 cm³/mol. The molecule has 3 aromatic rings. The third kappa shape index (κ3) is 3.38. The zero-order valence-corrected chi connectivity index (χ0v) is 15.1. The number of hydrogen-bond acceptors (Lipinski definition) is 0. The minimum atomic E-state index is 0. The molecule has 0 saturated heterocycles. The Bertz CT molecular complexity index is 692. The summed E-state index contributed by atoms with van der Waals surface area (Å²) in [7, 11) is 0. The Kier molecular flexibility index (Phi) is 5.72. The highest BCUT2D eigenvalue weighted by atomic mass is 127. The van der Waals surface area contributed by atoms with E-state index in [0.717, 1.165) is 0 Å². The Morgan fingerprint density at radius 2 is 1.09 bits per heavy atom. The normalized spacial score (nSPS) is 10.3. The van der Waals surface area contributed by atoms with E-state index in [0.29, 0.717) is 0 Å². The molecule has 0 N–H and O–H groups in total. The predicted octanol–water partition coefficient (Wildman–Crippen LogP) is 1.23. The molecule has 0 bridgehead atoms. The summed E-state index contributed by atoms with van der Waals surface area (Å²) in [6, 6.07) is 23.7. The largest absolute Gasteiger partial charge is 1.00 e. The smallest absolute Gasteiger partial charge is 0.209 e. The Hall–Kier alpha value is -1.68. The van der Waals surface area contributed by atoms with Gasteiger partial charge in [-0.1, -0.05) is 54.6 Å². The Balaban J connectivity index is 0.00000176. The topological polar surface area (TPSA) is 3.88 Å².